The van der Waals surface area contributed by atoms with Crippen LogP contribution in [-0.4, -0.2) is 41.5 Å². The Balaban J connectivity index is 1.71. The highest BCUT2D eigenvalue weighted by Gasteiger charge is 2.25. The summed E-state index contributed by atoms with van der Waals surface area (Å²) in [5, 5.41) is 0. The largest absolute Gasteiger partial charge is 0.467 e. The van der Waals surface area contributed by atoms with Crippen molar-refractivity contribution in [3.05, 3.63) is 60.6 Å². The van der Waals surface area contributed by atoms with E-state index in [-0.39, 0.29) is 36.5 Å². The number of amides is 2. The van der Waals surface area contributed by atoms with Gasteiger partial charge in [0.15, 0.2) is 11.5 Å². The molecule has 1 aromatic heterocycles. The lowest BCUT2D eigenvalue weighted by atomic mass is 9.84. The Bertz CT molecular complexity index is 977. The third-order valence-corrected chi connectivity index (χ3v) is 5.60. The van der Waals surface area contributed by atoms with Crippen LogP contribution in [0.3, 0.4) is 0 Å². The molecule has 1 aromatic carbocycles. The number of fused-ring (bicyclic) bond motifs is 1. The molecule has 34 heavy (non-hydrogen) atoms. The van der Waals surface area contributed by atoms with Gasteiger partial charge < -0.3 is 23.7 Å². The number of carbonyl (C=O) groups is 2. The summed E-state index contributed by atoms with van der Waals surface area (Å²) in [6.07, 6.45) is 4.58. The zero-order chi connectivity index (χ0) is 24.7. The predicted molar refractivity (Wildman–Crippen MR) is 130 cm³/mol. The normalized spacial score (nSPS) is 13.4. The van der Waals surface area contributed by atoms with E-state index in [2.05, 4.69) is 34.3 Å². The molecule has 0 N–H and O–H groups in total. The minimum absolute atomic E-state index is 0.0155. The molecule has 0 spiro atoms. The number of nitrogens with zero attached hydrogens (tertiary/aromatic N) is 2. The number of ether oxygens (including phenoxy) is 2. The van der Waals surface area contributed by atoms with E-state index in [1.165, 1.54) is 0 Å². The van der Waals surface area contributed by atoms with Gasteiger partial charge in [0.1, 0.15) is 12.3 Å². The van der Waals surface area contributed by atoms with Gasteiger partial charge in [-0.3, -0.25) is 9.59 Å². The van der Waals surface area contributed by atoms with Gasteiger partial charge in [-0.25, -0.2) is 0 Å². The van der Waals surface area contributed by atoms with Crippen LogP contribution in [0.25, 0.3) is 0 Å². The fourth-order valence-corrected chi connectivity index (χ4v) is 4.30. The quantitative estimate of drug-likeness (QED) is 0.433. The summed E-state index contributed by atoms with van der Waals surface area (Å²) >= 11 is 0. The van der Waals surface area contributed by atoms with E-state index in [1.54, 1.807) is 28.2 Å². The van der Waals surface area contributed by atoms with Crippen molar-refractivity contribution in [2.24, 2.45) is 11.3 Å². The zero-order valence-corrected chi connectivity index (χ0v) is 20.7. The van der Waals surface area contributed by atoms with E-state index < -0.39 is 0 Å². The number of carbonyl (C=O) groups excluding carboxylic acids is 2. The number of hydrogen-bond acceptors (Lipinski definition) is 5. The first-order valence-corrected chi connectivity index (χ1v) is 11.7. The standard InChI is InChI=1S/C27H36N2O5/c1-6-11-28(25(30)13-20(2)15-27(3,4)5)18-26(31)29(17-22-8-7-12-32-22)16-21-9-10-23-24(14-21)34-19-33-23/h6-10,12,14,20H,1,11,13,15-19H2,2-5H3. The highest BCUT2D eigenvalue weighted by molar-refractivity contribution is 5.85. The van der Waals surface area contributed by atoms with Crippen LogP contribution in [0.2, 0.25) is 0 Å². The van der Waals surface area contributed by atoms with Crippen molar-refractivity contribution in [2.45, 2.75) is 53.6 Å². The molecule has 0 bridgehead atoms. The third kappa shape index (κ3) is 7.40. The molecule has 0 saturated heterocycles. The predicted octanol–water partition coefficient (Wildman–Crippen LogP) is 5.01. The van der Waals surface area contributed by atoms with Crippen molar-refractivity contribution in [1.29, 1.82) is 0 Å². The van der Waals surface area contributed by atoms with Crippen molar-refractivity contribution in [3.63, 3.8) is 0 Å². The highest BCUT2D eigenvalue weighted by atomic mass is 16.7. The molecule has 0 aliphatic carbocycles. The Kier molecular flexibility index (Phi) is 8.42. The Hall–Kier alpha value is -3.22. The average molecular weight is 469 g/mol. The summed E-state index contributed by atoms with van der Waals surface area (Å²) in [7, 11) is 0. The molecule has 2 amide bonds. The van der Waals surface area contributed by atoms with Crippen LogP contribution in [0.1, 0.15) is 51.9 Å². The molecule has 1 unspecified atom stereocenters. The molecule has 3 rings (SSSR count). The summed E-state index contributed by atoms with van der Waals surface area (Å²) in [6.45, 7) is 13.5. The monoisotopic (exact) mass is 468 g/mol. The van der Waals surface area contributed by atoms with Crippen LogP contribution in [-0.2, 0) is 22.7 Å². The molecule has 1 aliphatic heterocycles. The Morgan fingerprint density at radius 2 is 1.85 bits per heavy atom. The zero-order valence-electron chi connectivity index (χ0n) is 20.7. The lowest BCUT2D eigenvalue weighted by Gasteiger charge is -2.28. The SMILES string of the molecule is C=CCN(CC(=O)N(Cc1ccc2c(c1)OCO2)Cc1ccco1)C(=O)CC(C)CC(C)(C)C. The molecule has 1 atom stereocenters. The molecule has 0 saturated carbocycles. The molecule has 2 heterocycles. The Labute approximate surface area is 202 Å². The van der Waals surface area contributed by atoms with E-state index in [0.29, 0.717) is 43.3 Å². The van der Waals surface area contributed by atoms with Gasteiger partial charge in [-0.1, -0.05) is 39.8 Å². The Morgan fingerprint density at radius 3 is 2.53 bits per heavy atom. The number of hydrogen-bond donors (Lipinski definition) is 0. The van der Waals surface area contributed by atoms with Gasteiger partial charge in [0.05, 0.1) is 12.8 Å². The second-order valence-electron chi connectivity index (χ2n) is 10.2. The van der Waals surface area contributed by atoms with E-state index in [1.807, 2.05) is 24.3 Å². The highest BCUT2D eigenvalue weighted by Crippen LogP contribution is 2.33. The van der Waals surface area contributed by atoms with Gasteiger partial charge in [0, 0.05) is 19.5 Å². The van der Waals surface area contributed by atoms with Crippen molar-refractivity contribution >= 4 is 11.8 Å². The van der Waals surface area contributed by atoms with E-state index >= 15 is 0 Å². The molecule has 7 nitrogen and oxygen atoms in total. The van der Waals surface area contributed by atoms with Crippen molar-refractivity contribution in [1.82, 2.24) is 9.80 Å². The molecular formula is C27H36N2O5. The van der Waals surface area contributed by atoms with E-state index in [9.17, 15) is 9.59 Å². The minimum atomic E-state index is -0.159. The maximum Gasteiger partial charge on any atom is 0.242 e. The first kappa shape index (κ1) is 25.4. The number of benzene rings is 1. The Morgan fingerprint density at radius 1 is 1.09 bits per heavy atom. The topological polar surface area (TPSA) is 72.2 Å². The van der Waals surface area contributed by atoms with Gasteiger partial charge >= 0.3 is 0 Å². The second-order valence-corrected chi connectivity index (χ2v) is 10.2. The smallest absolute Gasteiger partial charge is 0.242 e. The molecule has 1 aliphatic rings. The summed E-state index contributed by atoms with van der Waals surface area (Å²) in [6, 6.07) is 9.27. The first-order chi connectivity index (χ1) is 16.1. The van der Waals surface area contributed by atoms with Gasteiger partial charge in [0.25, 0.3) is 0 Å². The second kappa shape index (κ2) is 11.3. The molecule has 2 aromatic rings. The van der Waals surface area contributed by atoms with Crippen LogP contribution in [0.5, 0.6) is 11.5 Å². The van der Waals surface area contributed by atoms with Crippen LogP contribution in [0.15, 0.2) is 53.7 Å². The maximum atomic E-state index is 13.4. The van der Waals surface area contributed by atoms with Crippen molar-refractivity contribution < 1.29 is 23.5 Å². The van der Waals surface area contributed by atoms with Gasteiger partial charge in [-0.05, 0) is 47.6 Å². The van der Waals surface area contributed by atoms with E-state index in [4.69, 9.17) is 13.9 Å². The average Bonchev–Trinajstić information content (AvgIpc) is 3.42. The van der Waals surface area contributed by atoms with Crippen LogP contribution < -0.4 is 9.47 Å². The molecular weight excluding hydrogens is 432 g/mol. The molecule has 7 heteroatoms. The van der Waals surface area contributed by atoms with Gasteiger partial charge in [-0.15, -0.1) is 6.58 Å². The molecule has 0 fully saturated rings. The van der Waals surface area contributed by atoms with Crippen LogP contribution in [0, 0.1) is 11.3 Å². The number of furan rings is 1. The van der Waals surface area contributed by atoms with Crippen molar-refractivity contribution in [3.8, 4) is 11.5 Å². The minimum Gasteiger partial charge on any atom is -0.467 e. The molecule has 0 radical (unpaired) electrons. The van der Waals surface area contributed by atoms with Crippen molar-refractivity contribution in [2.75, 3.05) is 19.9 Å². The number of rotatable bonds is 11. The van der Waals surface area contributed by atoms with E-state index in [0.717, 1.165) is 12.0 Å². The molecule has 184 valence electrons. The first-order valence-electron chi connectivity index (χ1n) is 11.7. The lowest BCUT2D eigenvalue weighted by Crippen LogP contribution is -2.43. The summed E-state index contributed by atoms with van der Waals surface area (Å²) in [5.41, 5.74) is 1.05. The summed E-state index contributed by atoms with van der Waals surface area (Å²) < 4.78 is 16.4. The van der Waals surface area contributed by atoms with Gasteiger partial charge in [-0.2, -0.15) is 0 Å². The third-order valence-electron chi connectivity index (χ3n) is 5.60. The maximum absolute atomic E-state index is 13.4. The summed E-state index contributed by atoms with van der Waals surface area (Å²) in [4.78, 5) is 29.7. The fourth-order valence-electron chi connectivity index (χ4n) is 4.30. The van der Waals surface area contributed by atoms with Gasteiger partial charge in [0.2, 0.25) is 18.6 Å². The van der Waals surface area contributed by atoms with Crippen LogP contribution in [0.4, 0.5) is 0 Å². The fraction of sp³-hybridized carbons (Fsp3) is 0.481. The summed E-state index contributed by atoms with van der Waals surface area (Å²) in [5.74, 6) is 2.06. The van der Waals surface area contributed by atoms with Crippen LogP contribution >= 0.6 is 0 Å². The lowest BCUT2D eigenvalue weighted by molar-refractivity contribution is -0.141.